The van der Waals surface area contributed by atoms with Gasteiger partial charge >= 0.3 is 6.09 Å². The fourth-order valence-corrected chi connectivity index (χ4v) is 6.62. The summed E-state index contributed by atoms with van der Waals surface area (Å²) >= 11 is 1.85. The van der Waals surface area contributed by atoms with E-state index < -0.39 is 0 Å². The maximum atomic E-state index is 13.6. The Morgan fingerprint density at radius 3 is 2.94 bits per heavy atom. The van der Waals surface area contributed by atoms with E-state index in [-0.39, 0.29) is 18.0 Å². The molecule has 0 radical (unpaired) electrons. The van der Waals surface area contributed by atoms with E-state index in [1.165, 1.54) is 22.6 Å². The number of nitrogens with one attached hydrogen (secondary N) is 1. The number of carbonyl (C=O) groups is 1. The Balaban J connectivity index is 1.32. The van der Waals surface area contributed by atoms with Crippen molar-refractivity contribution in [1.82, 2.24) is 10.3 Å². The van der Waals surface area contributed by atoms with Crippen molar-refractivity contribution in [2.24, 2.45) is 11.8 Å². The smallest absolute Gasteiger partial charge is 0.407 e. The molecule has 0 saturated heterocycles. The van der Waals surface area contributed by atoms with Crippen LogP contribution in [0.25, 0.3) is 17.2 Å². The van der Waals surface area contributed by atoms with Crippen LogP contribution >= 0.6 is 11.3 Å². The molecule has 1 N–H and O–H groups in total. The van der Waals surface area contributed by atoms with Crippen molar-refractivity contribution in [2.75, 3.05) is 6.61 Å². The van der Waals surface area contributed by atoms with Crippen molar-refractivity contribution in [3.8, 4) is 11.1 Å². The van der Waals surface area contributed by atoms with Crippen LogP contribution < -0.4 is 5.32 Å². The van der Waals surface area contributed by atoms with Crippen molar-refractivity contribution in [2.45, 2.75) is 44.6 Å². The first-order chi connectivity index (χ1) is 16.6. The number of hydrogen-bond acceptors (Lipinski definition) is 4. The van der Waals surface area contributed by atoms with E-state index in [1.54, 1.807) is 12.3 Å². The van der Waals surface area contributed by atoms with E-state index in [0.717, 1.165) is 42.5 Å². The van der Waals surface area contributed by atoms with E-state index in [9.17, 15) is 9.18 Å². The lowest BCUT2D eigenvalue weighted by atomic mass is 9.64. The molecule has 176 valence electrons. The normalized spacial score (nSPS) is 23.8. The van der Waals surface area contributed by atoms with E-state index in [1.807, 2.05) is 36.5 Å². The van der Waals surface area contributed by atoms with Gasteiger partial charge in [-0.2, -0.15) is 0 Å². The summed E-state index contributed by atoms with van der Waals surface area (Å²) in [5.74, 6) is 1.23. The lowest BCUT2D eigenvalue weighted by molar-refractivity contribution is 0.129. The minimum absolute atomic E-state index is 0.183. The number of hydrogen-bond donors (Lipinski definition) is 1. The first-order valence-corrected chi connectivity index (χ1v) is 12.9. The van der Waals surface area contributed by atoms with Crippen LogP contribution in [0.3, 0.4) is 0 Å². The van der Waals surface area contributed by atoms with Gasteiger partial charge in [-0.05, 0) is 91.3 Å². The topological polar surface area (TPSA) is 51.2 Å². The van der Waals surface area contributed by atoms with E-state index in [2.05, 4.69) is 33.9 Å². The molecule has 1 saturated carbocycles. The summed E-state index contributed by atoms with van der Waals surface area (Å²) in [4.78, 5) is 18.0. The molecule has 5 rings (SSSR count). The molecule has 2 heterocycles. The Morgan fingerprint density at radius 1 is 1.24 bits per heavy atom. The van der Waals surface area contributed by atoms with Gasteiger partial charge in [0.15, 0.2) is 0 Å². The summed E-state index contributed by atoms with van der Waals surface area (Å²) in [6.07, 6.45) is 10.1. The Morgan fingerprint density at radius 2 is 2.15 bits per heavy atom. The first kappa shape index (κ1) is 22.8. The summed E-state index contributed by atoms with van der Waals surface area (Å²) < 4.78 is 18.6. The number of halogens is 1. The number of aromatic nitrogens is 1. The van der Waals surface area contributed by atoms with Crippen LogP contribution in [0.2, 0.25) is 0 Å². The third-order valence-corrected chi connectivity index (χ3v) is 8.14. The summed E-state index contributed by atoms with van der Waals surface area (Å²) in [6.45, 7) is 2.23. The van der Waals surface area contributed by atoms with Gasteiger partial charge in [-0.3, -0.25) is 4.98 Å². The van der Waals surface area contributed by atoms with Crippen molar-refractivity contribution in [1.29, 1.82) is 0 Å². The number of benzene rings is 1. The molecule has 0 aliphatic heterocycles. The van der Waals surface area contributed by atoms with Crippen molar-refractivity contribution in [3.05, 3.63) is 82.1 Å². The van der Waals surface area contributed by atoms with Crippen LogP contribution in [0.15, 0.2) is 60.1 Å². The number of rotatable bonds is 5. The van der Waals surface area contributed by atoms with Gasteiger partial charge in [0, 0.05) is 28.6 Å². The number of allylic oxidation sites excluding steroid dienone is 1. The standard InChI is InChI=1S/C28H29FN2O2S/c1-2-33-28(32)31-24-9-10-25-21(16-24)14-19-12-13-34-27(19)26(25)11-8-23-7-6-20(17-30-23)18-4-3-5-22(29)15-18/h3-8,11-13,15,17,21,24-26H,2,9-10,14,16H2,1H3,(H,31,32)/t21-,24-,25-,26+/m1/s1. The molecular formula is C28H29FN2O2S. The number of fused-ring (bicyclic) bond motifs is 2. The lowest BCUT2D eigenvalue weighted by Gasteiger charge is -2.43. The third kappa shape index (κ3) is 4.92. The zero-order valence-corrected chi connectivity index (χ0v) is 20.1. The molecule has 4 nitrogen and oxygen atoms in total. The van der Waals surface area contributed by atoms with Gasteiger partial charge in [0.2, 0.25) is 0 Å². The maximum absolute atomic E-state index is 13.6. The van der Waals surface area contributed by atoms with Gasteiger partial charge in [0.1, 0.15) is 5.82 Å². The predicted molar refractivity (Wildman–Crippen MR) is 134 cm³/mol. The fraction of sp³-hybridized carbons (Fsp3) is 0.357. The molecule has 0 unspecified atom stereocenters. The van der Waals surface area contributed by atoms with Gasteiger partial charge < -0.3 is 10.1 Å². The highest BCUT2D eigenvalue weighted by Gasteiger charge is 2.40. The lowest BCUT2D eigenvalue weighted by Crippen LogP contribution is -2.43. The number of alkyl carbamates (subject to hydrolysis) is 1. The monoisotopic (exact) mass is 476 g/mol. The average Bonchev–Trinajstić information content (AvgIpc) is 3.30. The first-order valence-electron chi connectivity index (χ1n) is 12.0. The second kappa shape index (κ2) is 10.1. The largest absolute Gasteiger partial charge is 0.450 e. The van der Waals surface area contributed by atoms with Crippen LogP contribution in [0.1, 0.15) is 48.2 Å². The van der Waals surface area contributed by atoms with Crippen LogP contribution in [0.5, 0.6) is 0 Å². The predicted octanol–water partition coefficient (Wildman–Crippen LogP) is 6.83. The number of thiophene rings is 1. The number of amides is 1. The second-order valence-electron chi connectivity index (χ2n) is 9.18. The molecule has 3 aromatic rings. The molecule has 34 heavy (non-hydrogen) atoms. The zero-order valence-electron chi connectivity index (χ0n) is 19.2. The zero-order chi connectivity index (χ0) is 23.5. The van der Waals surface area contributed by atoms with Crippen molar-refractivity contribution < 1.29 is 13.9 Å². The molecule has 4 atom stereocenters. The van der Waals surface area contributed by atoms with Gasteiger partial charge in [0.05, 0.1) is 12.3 Å². The molecule has 1 fully saturated rings. The minimum Gasteiger partial charge on any atom is -0.450 e. The summed E-state index contributed by atoms with van der Waals surface area (Å²) in [7, 11) is 0. The SMILES string of the molecule is CCOC(=O)N[C@@H]1CC[C@@H]2[C@H](Cc3ccsc3[C@H]2C=Cc2ccc(-c3cccc(F)c3)cn2)C1. The van der Waals surface area contributed by atoms with E-state index in [4.69, 9.17) is 4.74 Å². The Bertz CT molecular complexity index is 1170. The highest BCUT2D eigenvalue weighted by Crippen LogP contribution is 2.49. The van der Waals surface area contributed by atoms with Gasteiger partial charge in [-0.1, -0.05) is 24.3 Å². The van der Waals surface area contributed by atoms with Gasteiger partial charge in [-0.25, -0.2) is 9.18 Å². The molecule has 2 aliphatic carbocycles. The van der Waals surface area contributed by atoms with E-state index in [0.29, 0.717) is 24.4 Å². The van der Waals surface area contributed by atoms with Crippen molar-refractivity contribution in [3.63, 3.8) is 0 Å². The van der Waals surface area contributed by atoms with Crippen LogP contribution in [0, 0.1) is 17.7 Å². The second-order valence-corrected chi connectivity index (χ2v) is 10.1. The Kier molecular flexibility index (Phi) is 6.77. The summed E-state index contributed by atoms with van der Waals surface area (Å²) in [5.41, 5.74) is 4.07. The Hall–Kier alpha value is -2.99. The van der Waals surface area contributed by atoms with Crippen molar-refractivity contribution >= 4 is 23.5 Å². The molecule has 2 aromatic heterocycles. The highest BCUT2D eigenvalue weighted by molar-refractivity contribution is 7.10. The van der Waals surface area contributed by atoms with Crippen LogP contribution in [-0.2, 0) is 11.2 Å². The number of nitrogens with zero attached hydrogens (tertiary/aromatic N) is 1. The average molecular weight is 477 g/mol. The maximum Gasteiger partial charge on any atom is 0.407 e. The Labute approximate surface area is 203 Å². The number of pyridine rings is 1. The third-order valence-electron chi connectivity index (χ3n) is 7.08. The molecule has 1 amide bonds. The number of ether oxygens (including phenoxy) is 1. The van der Waals surface area contributed by atoms with Gasteiger partial charge in [-0.15, -0.1) is 11.3 Å². The molecule has 2 aliphatic rings. The molecule has 0 spiro atoms. The molecule has 1 aromatic carbocycles. The number of carbonyl (C=O) groups excluding carboxylic acids is 1. The highest BCUT2D eigenvalue weighted by atomic mass is 32.1. The molecule has 0 bridgehead atoms. The molecule has 6 heteroatoms. The molecular weight excluding hydrogens is 447 g/mol. The summed E-state index contributed by atoms with van der Waals surface area (Å²) in [6, 6.07) is 13.0. The fourth-order valence-electron chi connectivity index (χ4n) is 5.53. The van der Waals surface area contributed by atoms with Crippen LogP contribution in [-0.4, -0.2) is 23.7 Å². The van der Waals surface area contributed by atoms with Gasteiger partial charge in [0.25, 0.3) is 0 Å². The minimum atomic E-state index is -0.304. The summed E-state index contributed by atoms with van der Waals surface area (Å²) in [5, 5.41) is 5.25. The van der Waals surface area contributed by atoms with Crippen LogP contribution in [0.4, 0.5) is 9.18 Å². The van der Waals surface area contributed by atoms with E-state index >= 15 is 0 Å². The quantitative estimate of drug-likeness (QED) is 0.439.